The minimum absolute atomic E-state index is 0.354. The molecule has 1 aliphatic heterocycles. The molecule has 1 atom stereocenters. The fraction of sp³-hybridized carbons (Fsp3) is 0.333. The molecule has 2 N–H and O–H groups in total. The van der Waals surface area contributed by atoms with Gasteiger partial charge in [0.15, 0.2) is 0 Å². The first kappa shape index (κ1) is 15.3. The average molecular weight is 339 g/mol. The van der Waals surface area contributed by atoms with Crippen LogP contribution >= 0.6 is 23.1 Å². The number of hydrogen-bond donors (Lipinski definition) is 2. The van der Waals surface area contributed by atoms with Crippen molar-refractivity contribution in [3.63, 3.8) is 0 Å². The highest BCUT2D eigenvalue weighted by molar-refractivity contribution is 7.99. The van der Waals surface area contributed by atoms with Crippen molar-refractivity contribution in [2.24, 2.45) is 0 Å². The number of fused-ring (bicyclic) bond motifs is 1. The molecule has 1 amide bonds. The second-order valence-electron chi connectivity index (χ2n) is 5.31. The summed E-state index contributed by atoms with van der Waals surface area (Å²) in [6.45, 7) is 1.69. The first-order chi connectivity index (χ1) is 10.4. The van der Waals surface area contributed by atoms with Crippen molar-refractivity contribution in [1.29, 1.82) is 0 Å². The number of aryl methyl sites for hydroxylation is 1. The number of carboxylic acid groups (broad SMARTS) is 1. The van der Waals surface area contributed by atoms with Crippen molar-refractivity contribution in [1.82, 2.24) is 5.32 Å². The number of hydrogen-bond acceptors (Lipinski definition) is 4. The van der Waals surface area contributed by atoms with Gasteiger partial charge in [0.2, 0.25) is 0 Å². The summed E-state index contributed by atoms with van der Waals surface area (Å²) in [5.74, 6) is -0.771. The van der Waals surface area contributed by atoms with Crippen LogP contribution in [0.1, 0.15) is 21.7 Å². The number of rotatable bonds is 3. The molecule has 22 heavy (non-hydrogen) atoms. The van der Waals surface area contributed by atoms with Gasteiger partial charge in [-0.1, -0.05) is 6.07 Å². The van der Waals surface area contributed by atoms with Gasteiger partial charge in [-0.3, -0.25) is 4.79 Å². The summed E-state index contributed by atoms with van der Waals surface area (Å²) in [6, 6.07) is 4.71. The topological polar surface area (TPSA) is 66.4 Å². The molecule has 7 heteroatoms. The Kier molecular flexibility index (Phi) is 3.86. The van der Waals surface area contributed by atoms with Crippen LogP contribution in [0.4, 0.5) is 4.39 Å². The number of halogens is 1. The molecule has 0 radical (unpaired) electrons. The van der Waals surface area contributed by atoms with E-state index in [0.29, 0.717) is 38.5 Å². The largest absolute Gasteiger partial charge is 0.479 e. The molecule has 0 spiro atoms. The molecular formula is C15H14FNO3S2. The van der Waals surface area contributed by atoms with Gasteiger partial charge in [0.05, 0.1) is 4.88 Å². The van der Waals surface area contributed by atoms with Crippen LogP contribution in [-0.2, 0) is 4.79 Å². The van der Waals surface area contributed by atoms with Crippen molar-refractivity contribution in [2.45, 2.75) is 18.9 Å². The van der Waals surface area contributed by atoms with Crippen LogP contribution in [0.3, 0.4) is 0 Å². The van der Waals surface area contributed by atoms with Crippen LogP contribution < -0.4 is 5.32 Å². The molecule has 1 aromatic carbocycles. The summed E-state index contributed by atoms with van der Waals surface area (Å²) in [4.78, 5) is 24.4. The Morgan fingerprint density at radius 2 is 2.18 bits per heavy atom. The second-order valence-corrected chi connectivity index (χ2v) is 7.47. The molecule has 1 saturated heterocycles. The Balaban J connectivity index is 1.97. The van der Waals surface area contributed by atoms with Crippen LogP contribution in [0, 0.1) is 12.7 Å². The predicted molar refractivity (Wildman–Crippen MR) is 86.3 cm³/mol. The van der Waals surface area contributed by atoms with Crippen LogP contribution in [0.15, 0.2) is 18.2 Å². The summed E-state index contributed by atoms with van der Waals surface area (Å²) >= 11 is 2.69. The van der Waals surface area contributed by atoms with E-state index in [0.717, 1.165) is 0 Å². The standard InChI is InChI=1S/C15H14FNO3S2/c1-8-11-9(16)3-2-4-10(11)22-12(8)13(18)17-15(14(19)20)5-6-21-7-15/h2-4H,5-7H2,1H3,(H,17,18)(H,19,20)/t15-/m0/s1. The zero-order valence-corrected chi connectivity index (χ0v) is 13.4. The smallest absolute Gasteiger partial charge is 0.330 e. The third-order valence-corrected chi connectivity index (χ3v) is 6.34. The highest BCUT2D eigenvalue weighted by Crippen LogP contribution is 2.34. The Labute approximate surface area is 134 Å². The van der Waals surface area contributed by atoms with E-state index >= 15 is 0 Å². The van der Waals surface area contributed by atoms with Gasteiger partial charge in [-0.05, 0) is 36.8 Å². The number of nitrogens with one attached hydrogen (secondary N) is 1. The van der Waals surface area contributed by atoms with Crippen molar-refractivity contribution in [2.75, 3.05) is 11.5 Å². The van der Waals surface area contributed by atoms with E-state index in [-0.39, 0.29) is 5.82 Å². The number of thioether (sulfide) groups is 1. The summed E-state index contributed by atoms with van der Waals surface area (Å²) in [6.07, 6.45) is 0.400. The second kappa shape index (κ2) is 5.55. The van der Waals surface area contributed by atoms with Crippen LogP contribution in [0.25, 0.3) is 10.1 Å². The minimum Gasteiger partial charge on any atom is -0.479 e. The first-order valence-electron chi connectivity index (χ1n) is 6.76. The fourth-order valence-electron chi connectivity index (χ4n) is 2.63. The maximum absolute atomic E-state index is 13.9. The number of benzene rings is 1. The lowest BCUT2D eigenvalue weighted by atomic mass is 9.99. The van der Waals surface area contributed by atoms with E-state index in [1.807, 2.05) is 0 Å². The van der Waals surface area contributed by atoms with E-state index in [4.69, 9.17) is 0 Å². The molecule has 3 rings (SSSR count). The van der Waals surface area contributed by atoms with Gasteiger partial charge in [0.1, 0.15) is 11.4 Å². The van der Waals surface area contributed by atoms with Gasteiger partial charge in [-0.2, -0.15) is 11.8 Å². The molecule has 1 fully saturated rings. The van der Waals surface area contributed by atoms with Gasteiger partial charge < -0.3 is 10.4 Å². The number of carbonyl (C=O) groups excluding carboxylic acids is 1. The Hall–Kier alpha value is -1.60. The summed E-state index contributed by atoms with van der Waals surface area (Å²) < 4.78 is 14.6. The van der Waals surface area contributed by atoms with E-state index in [1.165, 1.54) is 29.2 Å². The molecule has 2 heterocycles. The predicted octanol–water partition coefficient (Wildman–Crippen LogP) is 3.04. The lowest BCUT2D eigenvalue weighted by molar-refractivity contribution is -0.143. The molecule has 4 nitrogen and oxygen atoms in total. The number of aliphatic carboxylic acids is 1. The van der Waals surface area contributed by atoms with Crippen molar-refractivity contribution in [3.05, 3.63) is 34.5 Å². The van der Waals surface area contributed by atoms with Gasteiger partial charge in [0.25, 0.3) is 5.91 Å². The third kappa shape index (κ3) is 2.38. The zero-order chi connectivity index (χ0) is 15.9. The molecule has 0 bridgehead atoms. The molecular weight excluding hydrogens is 325 g/mol. The van der Waals surface area contributed by atoms with Crippen molar-refractivity contribution in [3.8, 4) is 0 Å². The first-order valence-corrected chi connectivity index (χ1v) is 8.73. The van der Waals surface area contributed by atoms with Gasteiger partial charge in [-0.25, -0.2) is 9.18 Å². The summed E-state index contributed by atoms with van der Waals surface area (Å²) in [5.41, 5.74) is -0.662. The Bertz CT molecular complexity index is 765. The van der Waals surface area contributed by atoms with E-state index in [1.54, 1.807) is 19.1 Å². The highest BCUT2D eigenvalue weighted by atomic mass is 32.2. The van der Waals surface area contributed by atoms with Crippen LogP contribution in [-0.4, -0.2) is 34.0 Å². The van der Waals surface area contributed by atoms with Crippen molar-refractivity contribution >= 4 is 45.1 Å². The van der Waals surface area contributed by atoms with E-state index in [9.17, 15) is 19.1 Å². The Morgan fingerprint density at radius 1 is 1.41 bits per heavy atom. The molecule has 2 aromatic rings. The molecule has 1 aromatic heterocycles. The number of carbonyl (C=O) groups is 2. The lowest BCUT2D eigenvalue weighted by Gasteiger charge is -2.24. The van der Waals surface area contributed by atoms with E-state index in [2.05, 4.69) is 5.32 Å². The number of amides is 1. The SMILES string of the molecule is Cc1c(C(=O)N[C@@]2(C(=O)O)CCSC2)sc2cccc(F)c12. The maximum Gasteiger partial charge on any atom is 0.330 e. The van der Waals surface area contributed by atoms with Crippen molar-refractivity contribution < 1.29 is 19.1 Å². The number of thiophene rings is 1. The number of carboxylic acids is 1. The molecule has 0 saturated carbocycles. The van der Waals surface area contributed by atoms with Gasteiger partial charge in [-0.15, -0.1) is 11.3 Å². The van der Waals surface area contributed by atoms with Gasteiger partial charge >= 0.3 is 5.97 Å². The Morgan fingerprint density at radius 3 is 2.77 bits per heavy atom. The summed E-state index contributed by atoms with van der Waals surface area (Å²) in [7, 11) is 0. The average Bonchev–Trinajstić information content (AvgIpc) is 3.05. The third-order valence-electron chi connectivity index (χ3n) is 3.89. The molecule has 0 unspecified atom stereocenters. The highest BCUT2D eigenvalue weighted by Gasteiger charge is 2.43. The quantitative estimate of drug-likeness (QED) is 0.902. The monoisotopic (exact) mass is 339 g/mol. The molecule has 1 aliphatic rings. The maximum atomic E-state index is 13.9. The normalized spacial score (nSPS) is 21.2. The van der Waals surface area contributed by atoms with Crippen LogP contribution in [0.5, 0.6) is 0 Å². The summed E-state index contributed by atoms with van der Waals surface area (Å²) in [5, 5.41) is 12.5. The molecule has 0 aliphatic carbocycles. The molecule has 116 valence electrons. The zero-order valence-electron chi connectivity index (χ0n) is 11.8. The minimum atomic E-state index is -1.22. The lowest BCUT2D eigenvalue weighted by Crippen LogP contribution is -2.54. The fourth-order valence-corrected chi connectivity index (χ4v) is 5.07. The van der Waals surface area contributed by atoms with Gasteiger partial charge in [0, 0.05) is 15.8 Å². The van der Waals surface area contributed by atoms with Crippen LogP contribution in [0.2, 0.25) is 0 Å². The van der Waals surface area contributed by atoms with E-state index < -0.39 is 17.4 Å².